The van der Waals surface area contributed by atoms with Crippen molar-refractivity contribution in [2.75, 3.05) is 4.90 Å². The van der Waals surface area contributed by atoms with Crippen LogP contribution in [0.15, 0.2) is 176 Å². The third kappa shape index (κ3) is 4.96. The van der Waals surface area contributed by atoms with Gasteiger partial charge in [-0.15, -0.1) is 0 Å². The Morgan fingerprint density at radius 1 is 0.415 bits per heavy atom. The summed E-state index contributed by atoms with van der Waals surface area (Å²) < 4.78 is 2.38. The summed E-state index contributed by atoms with van der Waals surface area (Å²) in [7, 11) is 0. The Kier molecular flexibility index (Phi) is 7.08. The number of hydrogen-bond acceptors (Lipinski definition) is 4. The fourth-order valence-corrected chi connectivity index (χ4v) is 8.10. The number of anilines is 3. The maximum atomic E-state index is 5.10. The number of benzene rings is 7. The summed E-state index contributed by atoms with van der Waals surface area (Å²) in [6.45, 7) is 4.66. The van der Waals surface area contributed by atoms with E-state index >= 15 is 0 Å². The molecular weight excluding hydrogens is 647 g/mol. The summed E-state index contributed by atoms with van der Waals surface area (Å²) in [5.41, 5.74) is 12.1. The zero-order chi connectivity index (χ0) is 35.5. The summed E-state index contributed by atoms with van der Waals surface area (Å²) in [5, 5.41) is 2.29. The van der Waals surface area contributed by atoms with Gasteiger partial charge in [0.1, 0.15) is 0 Å². The zero-order valence-electron chi connectivity index (χ0n) is 29.5. The quantitative estimate of drug-likeness (QED) is 0.181. The molecule has 7 aromatic carbocycles. The second kappa shape index (κ2) is 12.1. The van der Waals surface area contributed by atoms with Crippen molar-refractivity contribution in [3.05, 3.63) is 187 Å². The van der Waals surface area contributed by atoms with Gasteiger partial charge < -0.3 is 9.47 Å². The van der Waals surface area contributed by atoms with Crippen molar-refractivity contribution in [2.24, 2.45) is 0 Å². The predicted octanol–water partition coefficient (Wildman–Crippen LogP) is 12.1. The lowest BCUT2D eigenvalue weighted by molar-refractivity contribution is 0.632. The minimum absolute atomic E-state index is 0.158. The molecule has 9 aromatic rings. The molecule has 0 N–H and O–H groups in total. The monoisotopic (exact) mass is 681 g/mol. The van der Waals surface area contributed by atoms with Gasteiger partial charge in [0.2, 0.25) is 0 Å². The van der Waals surface area contributed by atoms with Crippen molar-refractivity contribution in [3.63, 3.8) is 0 Å². The predicted molar refractivity (Wildman–Crippen MR) is 217 cm³/mol. The molecule has 0 amide bonds. The van der Waals surface area contributed by atoms with Crippen LogP contribution < -0.4 is 4.90 Å². The molecule has 5 nitrogen and oxygen atoms in total. The lowest BCUT2D eigenvalue weighted by atomic mass is 9.73. The first-order valence-corrected chi connectivity index (χ1v) is 18.1. The topological polar surface area (TPSA) is 46.8 Å². The van der Waals surface area contributed by atoms with Crippen LogP contribution in [0.1, 0.15) is 25.0 Å². The summed E-state index contributed by atoms with van der Waals surface area (Å²) >= 11 is 0. The van der Waals surface area contributed by atoms with Gasteiger partial charge in [0.15, 0.2) is 17.5 Å². The van der Waals surface area contributed by atoms with E-state index in [1.165, 1.54) is 22.5 Å². The molecule has 10 rings (SSSR count). The molecule has 0 saturated heterocycles. The number of rotatable bonds is 5. The molecule has 0 spiro atoms. The van der Waals surface area contributed by atoms with Gasteiger partial charge in [-0.25, -0.2) is 15.0 Å². The molecule has 3 heterocycles. The second-order valence-corrected chi connectivity index (χ2v) is 14.1. The Bertz CT molecular complexity index is 2700. The van der Waals surface area contributed by atoms with Gasteiger partial charge in [-0.05, 0) is 65.7 Å². The van der Waals surface area contributed by atoms with Gasteiger partial charge >= 0.3 is 0 Å². The molecule has 252 valence electrons. The standard InChI is InChI=1S/C48H35N5/c1-48(2)37-23-12-14-25-40(37)53(41-26-15-13-24-38(41)48)43-28-16-27-42-44(43)36-31-34(29-30-39(36)52(42)35-21-10-5-11-22-35)47-50-45(32-17-6-3-7-18-32)49-46(51-47)33-19-8-4-9-20-33/h3-31H,1-2H3. The minimum atomic E-state index is -0.158. The molecule has 0 atom stereocenters. The Hall–Kier alpha value is -6.85. The van der Waals surface area contributed by atoms with E-state index in [0.717, 1.165) is 49.9 Å². The van der Waals surface area contributed by atoms with Crippen LogP contribution in [0.25, 0.3) is 61.7 Å². The SMILES string of the molecule is CC1(C)c2ccccc2N(c2cccc3c2c2cc(-c4nc(-c5ccccc5)nc(-c5ccccc5)n4)ccc2n3-c2ccccc2)c2ccccc21. The first-order valence-electron chi connectivity index (χ1n) is 18.1. The highest BCUT2D eigenvalue weighted by Gasteiger charge is 2.37. The maximum Gasteiger partial charge on any atom is 0.164 e. The van der Waals surface area contributed by atoms with Crippen LogP contribution in [-0.2, 0) is 5.41 Å². The van der Waals surface area contributed by atoms with Crippen LogP contribution >= 0.6 is 0 Å². The van der Waals surface area contributed by atoms with Crippen LogP contribution in [0.4, 0.5) is 17.1 Å². The first kappa shape index (κ1) is 30.9. The van der Waals surface area contributed by atoms with Crippen molar-refractivity contribution in [3.8, 4) is 39.9 Å². The summed E-state index contributed by atoms with van der Waals surface area (Å²) in [6, 6.07) is 61.9. The van der Waals surface area contributed by atoms with Crippen molar-refractivity contribution < 1.29 is 0 Å². The third-order valence-electron chi connectivity index (χ3n) is 10.6. The van der Waals surface area contributed by atoms with Gasteiger partial charge in [0.25, 0.3) is 0 Å². The van der Waals surface area contributed by atoms with Crippen molar-refractivity contribution in [1.82, 2.24) is 19.5 Å². The van der Waals surface area contributed by atoms with Crippen LogP contribution in [-0.4, -0.2) is 19.5 Å². The highest BCUT2D eigenvalue weighted by atomic mass is 15.2. The van der Waals surface area contributed by atoms with E-state index in [9.17, 15) is 0 Å². The zero-order valence-corrected chi connectivity index (χ0v) is 29.5. The number of para-hydroxylation sites is 3. The molecule has 0 fully saturated rings. The molecular formula is C48H35N5. The first-order chi connectivity index (χ1) is 26.1. The second-order valence-electron chi connectivity index (χ2n) is 14.1. The highest BCUT2D eigenvalue weighted by molar-refractivity contribution is 6.17. The van der Waals surface area contributed by atoms with E-state index in [0.29, 0.717) is 17.5 Å². The average Bonchev–Trinajstić information content (AvgIpc) is 3.56. The van der Waals surface area contributed by atoms with E-state index in [1.807, 2.05) is 60.7 Å². The molecule has 1 aliphatic rings. The number of fused-ring (bicyclic) bond motifs is 5. The van der Waals surface area contributed by atoms with E-state index in [4.69, 9.17) is 15.0 Å². The lowest BCUT2D eigenvalue weighted by Crippen LogP contribution is -2.30. The normalized spacial score (nSPS) is 13.2. The van der Waals surface area contributed by atoms with Gasteiger partial charge in [0.05, 0.1) is 28.1 Å². The van der Waals surface area contributed by atoms with E-state index in [2.05, 4.69) is 139 Å². The third-order valence-corrected chi connectivity index (χ3v) is 10.6. The summed E-state index contributed by atoms with van der Waals surface area (Å²) in [6.07, 6.45) is 0. The Labute approximate surface area is 308 Å². The number of aromatic nitrogens is 4. The summed E-state index contributed by atoms with van der Waals surface area (Å²) in [4.78, 5) is 17.6. The maximum absolute atomic E-state index is 5.10. The molecule has 53 heavy (non-hydrogen) atoms. The minimum Gasteiger partial charge on any atom is -0.309 e. The summed E-state index contributed by atoms with van der Waals surface area (Å²) in [5.74, 6) is 1.92. The molecule has 0 bridgehead atoms. The molecule has 5 heteroatoms. The highest BCUT2D eigenvalue weighted by Crippen LogP contribution is 2.53. The fraction of sp³-hybridized carbons (Fsp3) is 0.0625. The van der Waals surface area contributed by atoms with Gasteiger partial charge in [-0.1, -0.05) is 135 Å². The van der Waals surface area contributed by atoms with E-state index in [-0.39, 0.29) is 5.41 Å². The Morgan fingerprint density at radius 3 is 1.49 bits per heavy atom. The molecule has 0 aliphatic carbocycles. The van der Waals surface area contributed by atoms with E-state index in [1.54, 1.807) is 0 Å². The van der Waals surface area contributed by atoms with Crippen LogP contribution in [0.3, 0.4) is 0 Å². The van der Waals surface area contributed by atoms with Gasteiger partial charge in [-0.2, -0.15) is 0 Å². The van der Waals surface area contributed by atoms with Crippen LogP contribution in [0.2, 0.25) is 0 Å². The largest absolute Gasteiger partial charge is 0.309 e. The fourth-order valence-electron chi connectivity index (χ4n) is 8.10. The molecule has 2 aromatic heterocycles. The Morgan fingerprint density at radius 2 is 0.906 bits per heavy atom. The Balaban J connectivity index is 1.27. The lowest BCUT2D eigenvalue weighted by Gasteiger charge is -2.42. The molecule has 0 radical (unpaired) electrons. The molecule has 0 unspecified atom stereocenters. The van der Waals surface area contributed by atoms with Crippen molar-refractivity contribution >= 4 is 38.9 Å². The smallest absolute Gasteiger partial charge is 0.164 e. The van der Waals surface area contributed by atoms with Gasteiger partial charge in [-0.3, -0.25) is 0 Å². The number of hydrogen-bond donors (Lipinski definition) is 0. The van der Waals surface area contributed by atoms with E-state index < -0.39 is 0 Å². The van der Waals surface area contributed by atoms with Crippen molar-refractivity contribution in [1.29, 1.82) is 0 Å². The number of nitrogens with zero attached hydrogens (tertiary/aromatic N) is 5. The molecule has 0 saturated carbocycles. The molecule has 1 aliphatic heterocycles. The average molecular weight is 682 g/mol. The van der Waals surface area contributed by atoms with Gasteiger partial charge in [0, 0.05) is 38.6 Å². The van der Waals surface area contributed by atoms with Crippen molar-refractivity contribution in [2.45, 2.75) is 19.3 Å². The van der Waals surface area contributed by atoms with Crippen LogP contribution in [0.5, 0.6) is 0 Å². The van der Waals surface area contributed by atoms with Crippen LogP contribution in [0, 0.1) is 0 Å².